The summed E-state index contributed by atoms with van der Waals surface area (Å²) >= 11 is 1.57. The Hall–Kier alpha value is -1.76. The molecule has 1 amide bonds. The number of morpholine rings is 1. The fourth-order valence-corrected chi connectivity index (χ4v) is 4.41. The van der Waals surface area contributed by atoms with Crippen molar-refractivity contribution >= 4 is 17.2 Å². The second kappa shape index (κ2) is 7.23. The first-order valence-corrected chi connectivity index (χ1v) is 9.74. The van der Waals surface area contributed by atoms with E-state index in [-0.39, 0.29) is 18.1 Å². The lowest BCUT2D eigenvalue weighted by molar-refractivity contribution is -0.0915. The van der Waals surface area contributed by atoms with Gasteiger partial charge in [-0.3, -0.25) is 14.7 Å². The Morgan fingerprint density at radius 1 is 1.40 bits per heavy atom. The molecule has 2 aromatic heterocycles. The lowest BCUT2D eigenvalue weighted by Crippen LogP contribution is -2.61. The molecule has 2 fully saturated rings. The molecule has 6 heteroatoms. The van der Waals surface area contributed by atoms with Crippen LogP contribution in [0.5, 0.6) is 0 Å². The van der Waals surface area contributed by atoms with E-state index < -0.39 is 0 Å². The van der Waals surface area contributed by atoms with Crippen molar-refractivity contribution in [3.05, 3.63) is 52.0 Å². The van der Waals surface area contributed by atoms with Crippen LogP contribution in [0.4, 0.5) is 0 Å². The number of likely N-dealkylation sites (tertiary alicyclic amines) is 1. The number of thiophene rings is 1. The molecule has 0 bridgehead atoms. The summed E-state index contributed by atoms with van der Waals surface area (Å²) < 4.78 is 5.97. The largest absolute Gasteiger partial charge is 0.374 e. The van der Waals surface area contributed by atoms with Gasteiger partial charge in [0.15, 0.2) is 0 Å². The van der Waals surface area contributed by atoms with Crippen molar-refractivity contribution in [1.29, 1.82) is 0 Å². The lowest BCUT2D eigenvalue weighted by atomic mass is 9.97. The predicted molar refractivity (Wildman–Crippen MR) is 97.8 cm³/mol. The van der Waals surface area contributed by atoms with Gasteiger partial charge in [0, 0.05) is 37.8 Å². The number of fused-ring (bicyclic) bond motifs is 1. The first kappa shape index (κ1) is 16.7. The summed E-state index contributed by atoms with van der Waals surface area (Å²) in [5.41, 5.74) is 3.13. The zero-order chi connectivity index (χ0) is 17.2. The topological polar surface area (TPSA) is 45.7 Å². The van der Waals surface area contributed by atoms with Crippen molar-refractivity contribution in [2.75, 3.05) is 26.2 Å². The Kier molecular flexibility index (Phi) is 4.83. The highest BCUT2D eigenvalue weighted by atomic mass is 32.1. The van der Waals surface area contributed by atoms with Crippen LogP contribution in [-0.2, 0) is 11.3 Å². The number of aromatic nitrogens is 1. The highest BCUT2D eigenvalue weighted by molar-refractivity contribution is 7.08. The molecule has 0 aromatic carbocycles. The fraction of sp³-hybridized carbons (Fsp3) is 0.474. The number of hydrogen-bond donors (Lipinski definition) is 0. The first-order chi connectivity index (χ1) is 12.2. The molecule has 132 valence electrons. The van der Waals surface area contributed by atoms with Crippen LogP contribution in [0.15, 0.2) is 35.2 Å². The Morgan fingerprint density at radius 2 is 2.32 bits per heavy atom. The summed E-state index contributed by atoms with van der Waals surface area (Å²) in [6.07, 6.45) is 2.97. The van der Waals surface area contributed by atoms with Gasteiger partial charge in [-0.05, 0) is 36.4 Å². The van der Waals surface area contributed by atoms with Gasteiger partial charge in [-0.15, -0.1) is 0 Å². The number of ether oxygens (including phenoxy) is 1. The molecule has 2 saturated heterocycles. The summed E-state index contributed by atoms with van der Waals surface area (Å²) in [6.45, 7) is 6.07. The number of pyridine rings is 1. The molecule has 4 heterocycles. The minimum Gasteiger partial charge on any atom is -0.374 e. The SMILES string of the molecule is Cc1cccnc1CN1CC[C@H]2OCCN(C(=O)c3ccsc3)[C@@H]2C1. The van der Waals surface area contributed by atoms with Crippen LogP contribution in [-0.4, -0.2) is 59.1 Å². The van der Waals surface area contributed by atoms with E-state index in [1.807, 2.05) is 34.0 Å². The van der Waals surface area contributed by atoms with E-state index in [1.165, 1.54) is 5.56 Å². The minimum atomic E-state index is 0.124. The second-order valence-electron chi connectivity index (χ2n) is 6.78. The molecular formula is C19H23N3O2S. The first-order valence-electron chi connectivity index (χ1n) is 8.80. The van der Waals surface area contributed by atoms with Gasteiger partial charge in [-0.2, -0.15) is 11.3 Å². The van der Waals surface area contributed by atoms with Gasteiger partial charge in [0.1, 0.15) is 0 Å². The van der Waals surface area contributed by atoms with Gasteiger partial charge >= 0.3 is 0 Å². The molecule has 0 radical (unpaired) electrons. The monoisotopic (exact) mass is 357 g/mol. The third kappa shape index (κ3) is 3.47. The van der Waals surface area contributed by atoms with E-state index in [1.54, 1.807) is 11.3 Å². The third-order valence-electron chi connectivity index (χ3n) is 5.19. The molecule has 4 rings (SSSR count). The standard InChI is InChI=1S/C19H23N3O2S/c1-14-3-2-6-20-16(14)11-21-7-4-18-17(12-21)22(8-9-24-18)19(23)15-5-10-25-13-15/h2-3,5-6,10,13,17-18H,4,7-9,11-12H2,1H3/t17-,18-/m1/s1. The number of carbonyl (C=O) groups is 1. The molecule has 0 spiro atoms. The second-order valence-corrected chi connectivity index (χ2v) is 7.56. The van der Waals surface area contributed by atoms with E-state index in [0.29, 0.717) is 13.2 Å². The molecular weight excluding hydrogens is 334 g/mol. The Bertz CT molecular complexity index is 734. The van der Waals surface area contributed by atoms with Crippen LogP contribution < -0.4 is 0 Å². The zero-order valence-corrected chi connectivity index (χ0v) is 15.2. The normalized spacial score (nSPS) is 24.1. The molecule has 5 nitrogen and oxygen atoms in total. The predicted octanol–water partition coefficient (Wildman–Crippen LogP) is 2.57. The van der Waals surface area contributed by atoms with Gasteiger partial charge in [-0.1, -0.05) is 6.07 Å². The van der Waals surface area contributed by atoms with Crippen molar-refractivity contribution in [3.63, 3.8) is 0 Å². The maximum Gasteiger partial charge on any atom is 0.255 e. The number of hydrogen-bond acceptors (Lipinski definition) is 5. The summed E-state index contributed by atoms with van der Waals surface area (Å²) in [5.74, 6) is 0.135. The van der Waals surface area contributed by atoms with Gasteiger partial charge < -0.3 is 9.64 Å². The molecule has 0 N–H and O–H groups in total. The molecule has 2 aliphatic heterocycles. The Morgan fingerprint density at radius 3 is 3.12 bits per heavy atom. The Balaban J connectivity index is 1.49. The van der Waals surface area contributed by atoms with E-state index in [2.05, 4.69) is 22.9 Å². The molecule has 2 aromatic rings. The molecule has 2 aliphatic rings. The summed E-state index contributed by atoms with van der Waals surface area (Å²) in [4.78, 5) is 21.8. The molecule has 0 unspecified atom stereocenters. The van der Waals surface area contributed by atoms with Crippen LogP contribution in [0.3, 0.4) is 0 Å². The maximum atomic E-state index is 12.9. The van der Waals surface area contributed by atoms with Gasteiger partial charge in [0.05, 0.1) is 30.0 Å². The van der Waals surface area contributed by atoms with Crippen LogP contribution in [0.25, 0.3) is 0 Å². The maximum absolute atomic E-state index is 12.9. The molecule has 2 atom stereocenters. The minimum absolute atomic E-state index is 0.124. The van der Waals surface area contributed by atoms with Gasteiger partial charge in [0.25, 0.3) is 5.91 Å². The number of aryl methyl sites for hydroxylation is 1. The number of amides is 1. The zero-order valence-electron chi connectivity index (χ0n) is 14.4. The number of carbonyl (C=O) groups excluding carboxylic acids is 1. The van der Waals surface area contributed by atoms with Crippen molar-refractivity contribution in [2.24, 2.45) is 0 Å². The molecule has 25 heavy (non-hydrogen) atoms. The van der Waals surface area contributed by atoms with Crippen LogP contribution >= 0.6 is 11.3 Å². The van der Waals surface area contributed by atoms with E-state index >= 15 is 0 Å². The summed E-state index contributed by atoms with van der Waals surface area (Å²) in [6, 6.07) is 6.11. The third-order valence-corrected chi connectivity index (χ3v) is 5.87. The lowest BCUT2D eigenvalue weighted by Gasteiger charge is -2.47. The average molecular weight is 357 g/mol. The van der Waals surface area contributed by atoms with Crippen LogP contribution in [0.2, 0.25) is 0 Å². The van der Waals surface area contributed by atoms with Crippen LogP contribution in [0, 0.1) is 6.92 Å². The number of rotatable bonds is 3. The summed E-state index contributed by atoms with van der Waals surface area (Å²) in [5, 5.41) is 3.90. The average Bonchev–Trinajstić information content (AvgIpc) is 3.17. The van der Waals surface area contributed by atoms with Crippen LogP contribution in [0.1, 0.15) is 28.0 Å². The van der Waals surface area contributed by atoms with E-state index in [0.717, 1.165) is 37.3 Å². The highest BCUT2D eigenvalue weighted by Gasteiger charge is 2.39. The van der Waals surface area contributed by atoms with Gasteiger partial charge in [-0.25, -0.2) is 0 Å². The van der Waals surface area contributed by atoms with Gasteiger partial charge in [0.2, 0.25) is 0 Å². The van der Waals surface area contributed by atoms with Crippen molar-refractivity contribution in [1.82, 2.24) is 14.8 Å². The van der Waals surface area contributed by atoms with Crippen molar-refractivity contribution < 1.29 is 9.53 Å². The fourth-order valence-electron chi connectivity index (χ4n) is 3.78. The quantitative estimate of drug-likeness (QED) is 0.847. The summed E-state index contributed by atoms with van der Waals surface area (Å²) in [7, 11) is 0. The molecule has 0 aliphatic carbocycles. The van der Waals surface area contributed by atoms with E-state index in [4.69, 9.17) is 4.74 Å². The van der Waals surface area contributed by atoms with Crippen molar-refractivity contribution in [2.45, 2.75) is 32.0 Å². The Labute approximate surface area is 152 Å². The number of nitrogens with zero attached hydrogens (tertiary/aromatic N) is 3. The number of piperidine rings is 1. The van der Waals surface area contributed by atoms with E-state index in [9.17, 15) is 4.79 Å². The molecule has 0 saturated carbocycles. The van der Waals surface area contributed by atoms with Crippen molar-refractivity contribution in [3.8, 4) is 0 Å². The smallest absolute Gasteiger partial charge is 0.255 e. The highest BCUT2D eigenvalue weighted by Crippen LogP contribution is 2.26.